The predicted octanol–water partition coefficient (Wildman–Crippen LogP) is 0.960. The maximum Gasteiger partial charge on any atom is 0.257 e. The van der Waals surface area contributed by atoms with Gasteiger partial charge in [-0.3, -0.25) is 9.89 Å². The van der Waals surface area contributed by atoms with Gasteiger partial charge in [0.1, 0.15) is 0 Å². The Morgan fingerprint density at radius 1 is 1.50 bits per heavy atom. The largest absolute Gasteiger partial charge is 0.335 e. The highest BCUT2D eigenvalue weighted by atomic mass is 16.2. The highest BCUT2D eigenvalue weighted by Gasteiger charge is 2.33. The number of hydrogen-bond acceptors (Lipinski definition) is 2. The second-order valence-electron chi connectivity index (χ2n) is 4.08. The topological polar surface area (TPSA) is 49.0 Å². The first kappa shape index (κ1) is 8.03. The van der Waals surface area contributed by atoms with Crippen LogP contribution >= 0.6 is 0 Å². The van der Waals surface area contributed by atoms with Gasteiger partial charge >= 0.3 is 0 Å². The molecule has 74 valence electrons. The number of carbonyl (C=O) groups is 1. The third-order valence-electron chi connectivity index (χ3n) is 3.32. The van der Waals surface area contributed by atoms with Crippen LogP contribution < -0.4 is 0 Å². The van der Waals surface area contributed by atoms with Crippen molar-refractivity contribution in [1.82, 2.24) is 15.1 Å². The van der Waals surface area contributed by atoms with E-state index in [4.69, 9.17) is 0 Å². The Labute approximate surface area is 82.3 Å². The summed E-state index contributed by atoms with van der Waals surface area (Å²) >= 11 is 0. The molecule has 1 fully saturated rings. The van der Waals surface area contributed by atoms with E-state index in [9.17, 15) is 4.79 Å². The summed E-state index contributed by atoms with van der Waals surface area (Å²) in [4.78, 5) is 14.0. The highest BCUT2D eigenvalue weighted by molar-refractivity contribution is 5.96. The monoisotopic (exact) mass is 191 g/mol. The summed E-state index contributed by atoms with van der Waals surface area (Å²) in [6.45, 7) is 0.849. The normalized spacial score (nSPS) is 22.0. The number of amides is 1. The van der Waals surface area contributed by atoms with Crippen LogP contribution in [0.25, 0.3) is 0 Å². The minimum atomic E-state index is 0.171. The van der Waals surface area contributed by atoms with Gasteiger partial charge in [-0.25, -0.2) is 0 Å². The second kappa shape index (κ2) is 2.83. The summed E-state index contributed by atoms with van der Waals surface area (Å²) in [5.74, 6) is 0.171. The number of hydrogen-bond donors (Lipinski definition) is 1. The summed E-state index contributed by atoms with van der Waals surface area (Å²) in [6, 6.07) is 0.505. The van der Waals surface area contributed by atoms with E-state index < -0.39 is 0 Å². The zero-order chi connectivity index (χ0) is 9.54. The van der Waals surface area contributed by atoms with Crippen LogP contribution in [0.1, 0.15) is 35.3 Å². The maximum atomic E-state index is 12.0. The van der Waals surface area contributed by atoms with Gasteiger partial charge in [-0.1, -0.05) is 0 Å². The molecular weight excluding hydrogens is 178 g/mol. The van der Waals surface area contributed by atoms with Crippen LogP contribution in [0.15, 0.2) is 6.20 Å². The quantitative estimate of drug-likeness (QED) is 0.718. The SMILES string of the molecule is O=C1c2c[nH]nc2CCN1C1CCC1. The molecule has 4 heteroatoms. The third-order valence-corrected chi connectivity index (χ3v) is 3.32. The van der Waals surface area contributed by atoms with Crippen molar-refractivity contribution in [2.24, 2.45) is 0 Å². The van der Waals surface area contributed by atoms with Gasteiger partial charge in [0.2, 0.25) is 0 Å². The molecule has 0 atom stereocenters. The molecular formula is C10H13N3O. The number of nitrogens with zero attached hydrogens (tertiary/aromatic N) is 2. The molecule has 14 heavy (non-hydrogen) atoms. The molecule has 0 unspecified atom stereocenters. The number of carbonyl (C=O) groups excluding carboxylic acids is 1. The highest BCUT2D eigenvalue weighted by Crippen LogP contribution is 2.28. The Hall–Kier alpha value is -1.32. The Morgan fingerprint density at radius 2 is 2.36 bits per heavy atom. The molecule has 0 radical (unpaired) electrons. The molecule has 3 rings (SSSR count). The van der Waals surface area contributed by atoms with Crippen molar-refractivity contribution in [1.29, 1.82) is 0 Å². The minimum Gasteiger partial charge on any atom is -0.335 e. The van der Waals surface area contributed by atoms with Crippen LogP contribution in [0.5, 0.6) is 0 Å². The van der Waals surface area contributed by atoms with Crippen molar-refractivity contribution in [2.75, 3.05) is 6.54 Å². The van der Waals surface area contributed by atoms with Crippen molar-refractivity contribution < 1.29 is 4.79 Å². The van der Waals surface area contributed by atoms with Crippen LogP contribution in [0.3, 0.4) is 0 Å². The molecule has 0 spiro atoms. The van der Waals surface area contributed by atoms with E-state index in [0.29, 0.717) is 6.04 Å². The first-order chi connectivity index (χ1) is 6.86. The lowest BCUT2D eigenvalue weighted by Gasteiger charge is -2.39. The van der Waals surface area contributed by atoms with Crippen molar-refractivity contribution in [3.63, 3.8) is 0 Å². The Bertz CT molecular complexity index is 367. The number of fused-ring (bicyclic) bond motifs is 1. The lowest BCUT2D eigenvalue weighted by Crippen LogP contribution is -2.47. The Balaban J connectivity index is 1.89. The number of H-pyrrole nitrogens is 1. The molecule has 1 aromatic rings. The van der Waals surface area contributed by atoms with Gasteiger partial charge in [0, 0.05) is 25.2 Å². The lowest BCUT2D eigenvalue weighted by atomic mass is 9.89. The van der Waals surface area contributed by atoms with Crippen molar-refractivity contribution in [3.05, 3.63) is 17.5 Å². The zero-order valence-electron chi connectivity index (χ0n) is 7.99. The van der Waals surface area contributed by atoms with Gasteiger partial charge in [0.05, 0.1) is 11.3 Å². The van der Waals surface area contributed by atoms with Gasteiger partial charge in [0.15, 0.2) is 0 Å². The summed E-state index contributed by atoms with van der Waals surface area (Å²) < 4.78 is 0. The zero-order valence-corrected chi connectivity index (χ0v) is 7.99. The van der Waals surface area contributed by atoms with Crippen LogP contribution in [0, 0.1) is 0 Å². The molecule has 1 N–H and O–H groups in total. The van der Waals surface area contributed by atoms with E-state index in [2.05, 4.69) is 10.2 Å². The van der Waals surface area contributed by atoms with Gasteiger partial charge in [-0.05, 0) is 19.3 Å². The lowest BCUT2D eigenvalue weighted by molar-refractivity contribution is 0.0559. The van der Waals surface area contributed by atoms with Gasteiger partial charge in [-0.15, -0.1) is 0 Å². The number of aromatic amines is 1. The molecule has 1 aliphatic heterocycles. The third kappa shape index (κ3) is 0.997. The maximum absolute atomic E-state index is 12.0. The first-order valence-electron chi connectivity index (χ1n) is 5.20. The summed E-state index contributed by atoms with van der Waals surface area (Å²) in [6.07, 6.45) is 6.26. The Morgan fingerprint density at radius 3 is 3.07 bits per heavy atom. The van der Waals surface area contributed by atoms with Crippen LogP contribution in [0.2, 0.25) is 0 Å². The Kier molecular flexibility index (Phi) is 1.63. The van der Waals surface area contributed by atoms with E-state index in [1.54, 1.807) is 6.20 Å². The number of aromatic nitrogens is 2. The van der Waals surface area contributed by atoms with E-state index in [0.717, 1.165) is 24.2 Å². The number of rotatable bonds is 1. The summed E-state index contributed by atoms with van der Waals surface area (Å²) in [7, 11) is 0. The molecule has 0 saturated heterocycles. The molecule has 1 saturated carbocycles. The summed E-state index contributed by atoms with van der Waals surface area (Å²) in [5, 5.41) is 6.84. The molecule has 2 aliphatic rings. The van der Waals surface area contributed by atoms with Crippen molar-refractivity contribution >= 4 is 5.91 Å². The second-order valence-corrected chi connectivity index (χ2v) is 4.08. The molecule has 2 heterocycles. The van der Waals surface area contributed by atoms with E-state index >= 15 is 0 Å². The average molecular weight is 191 g/mol. The predicted molar refractivity (Wildman–Crippen MR) is 51.0 cm³/mol. The summed E-state index contributed by atoms with van der Waals surface area (Å²) in [5.41, 5.74) is 1.72. The van der Waals surface area contributed by atoms with E-state index in [1.165, 1.54) is 19.3 Å². The van der Waals surface area contributed by atoms with Crippen LogP contribution in [0.4, 0.5) is 0 Å². The van der Waals surface area contributed by atoms with Crippen LogP contribution in [-0.2, 0) is 6.42 Å². The average Bonchev–Trinajstić information content (AvgIpc) is 2.55. The molecule has 0 aromatic carbocycles. The molecule has 1 aromatic heterocycles. The smallest absolute Gasteiger partial charge is 0.257 e. The standard InChI is InChI=1S/C10H13N3O/c14-10-8-6-11-12-9(8)4-5-13(10)7-2-1-3-7/h6-7H,1-5H2,(H,11,12). The molecule has 1 amide bonds. The van der Waals surface area contributed by atoms with Crippen molar-refractivity contribution in [3.8, 4) is 0 Å². The van der Waals surface area contributed by atoms with Gasteiger partial charge in [-0.2, -0.15) is 5.10 Å². The number of nitrogens with one attached hydrogen (secondary N) is 1. The first-order valence-corrected chi connectivity index (χ1v) is 5.20. The fourth-order valence-corrected chi connectivity index (χ4v) is 2.22. The van der Waals surface area contributed by atoms with E-state index in [1.807, 2.05) is 4.90 Å². The van der Waals surface area contributed by atoms with Gasteiger partial charge in [0.25, 0.3) is 5.91 Å². The molecule has 0 bridgehead atoms. The van der Waals surface area contributed by atoms with Gasteiger partial charge < -0.3 is 4.90 Å². The molecule has 4 nitrogen and oxygen atoms in total. The van der Waals surface area contributed by atoms with E-state index in [-0.39, 0.29) is 5.91 Å². The molecule has 1 aliphatic carbocycles. The minimum absolute atomic E-state index is 0.171. The van der Waals surface area contributed by atoms with Crippen molar-refractivity contribution in [2.45, 2.75) is 31.7 Å². The fourth-order valence-electron chi connectivity index (χ4n) is 2.22. The van der Waals surface area contributed by atoms with Crippen LogP contribution in [-0.4, -0.2) is 33.6 Å². The fraction of sp³-hybridized carbons (Fsp3) is 0.600.